The van der Waals surface area contributed by atoms with E-state index < -0.39 is 0 Å². The van der Waals surface area contributed by atoms with Crippen molar-refractivity contribution >= 4 is 16.7 Å². The zero-order valence-electron chi connectivity index (χ0n) is 17.3. The van der Waals surface area contributed by atoms with Crippen molar-refractivity contribution in [1.82, 2.24) is 24.5 Å². The lowest BCUT2D eigenvalue weighted by Crippen LogP contribution is -2.25. The summed E-state index contributed by atoms with van der Waals surface area (Å²) in [7, 11) is 0. The van der Waals surface area contributed by atoms with Crippen molar-refractivity contribution in [2.24, 2.45) is 0 Å². The minimum absolute atomic E-state index is 0.0121. The lowest BCUT2D eigenvalue weighted by Gasteiger charge is -2.19. The highest BCUT2D eigenvalue weighted by molar-refractivity contribution is 5.80. The Morgan fingerprint density at radius 3 is 2.10 bits per heavy atom. The second kappa shape index (κ2) is 8.16. The Kier molecular flexibility index (Phi) is 5.06. The predicted octanol–water partition coefficient (Wildman–Crippen LogP) is 3.94. The Hall–Kier alpha value is -3.77. The van der Waals surface area contributed by atoms with Crippen LogP contribution in [0.5, 0.6) is 0 Å². The van der Waals surface area contributed by atoms with Crippen LogP contribution in [0.4, 0.5) is 0 Å². The molecular weight excluding hydrogens is 386 g/mol. The highest BCUT2D eigenvalue weighted by Crippen LogP contribution is 2.23. The van der Waals surface area contributed by atoms with Crippen LogP contribution in [-0.2, 0) is 13.1 Å². The maximum Gasteiger partial charge on any atom is 0.262 e. The number of aromatic nitrogens is 4. The van der Waals surface area contributed by atoms with Crippen LogP contribution in [0.2, 0.25) is 0 Å². The minimum Gasteiger partial charge on any atom is -0.299 e. The summed E-state index contributed by atoms with van der Waals surface area (Å²) in [4.78, 5) is 12.9. The van der Waals surface area contributed by atoms with Crippen LogP contribution in [0.1, 0.15) is 29.9 Å². The first-order valence-corrected chi connectivity index (χ1v) is 10.5. The van der Waals surface area contributed by atoms with Gasteiger partial charge in [-0.25, -0.2) is 0 Å². The number of para-hydroxylation sites is 1. The third-order valence-corrected chi connectivity index (χ3v) is 5.62. The molecule has 6 nitrogen and oxygen atoms in total. The number of nitrogens with zero attached hydrogens (tertiary/aromatic N) is 4. The van der Waals surface area contributed by atoms with Crippen LogP contribution in [0.25, 0.3) is 16.7 Å². The normalized spacial score (nSPS) is 11.5. The number of rotatable bonds is 6. The molecule has 0 aliphatic rings. The Morgan fingerprint density at radius 1 is 0.839 bits per heavy atom. The lowest BCUT2D eigenvalue weighted by molar-refractivity contribution is 0.584. The monoisotopic (exact) mass is 409 g/mol. The van der Waals surface area contributed by atoms with Crippen molar-refractivity contribution < 1.29 is 0 Å². The van der Waals surface area contributed by atoms with Crippen molar-refractivity contribution in [3.63, 3.8) is 0 Å². The van der Waals surface area contributed by atoms with Crippen LogP contribution in [0.15, 0.2) is 89.7 Å². The van der Waals surface area contributed by atoms with E-state index >= 15 is 0 Å². The average Bonchev–Trinajstić information content (AvgIpc) is 3.25. The van der Waals surface area contributed by atoms with Gasteiger partial charge in [-0.05, 0) is 30.2 Å². The van der Waals surface area contributed by atoms with E-state index in [0.29, 0.717) is 24.3 Å². The second-order valence-corrected chi connectivity index (χ2v) is 7.45. The summed E-state index contributed by atoms with van der Waals surface area (Å²) in [6.07, 6.45) is 0. The fraction of sp³-hybridized carbons (Fsp3) is 0.160. The van der Waals surface area contributed by atoms with Crippen LogP contribution < -0.4 is 10.9 Å². The number of fused-ring (bicyclic) bond motifs is 3. The van der Waals surface area contributed by atoms with Crippen molar-refractivity contribution in [1.29, 1.82) is 0 Å². The number of aryl methyl sites for hydroxylation is 1. The zero-order valence-corrected chi connectivity index (χ0v) is 17.3. The van der Waals surface area contributed by atoms with Gasteiger partial charge < -0.3 is 0 Å². The largest absolute Gasteiger partial charge is 0.299 e. The van der Waals surface area contributed by atoms with E-state index in [1.54, 1.807) is 4.57 Å². The van der Waals surface area contributed by atoms with E-state index in [0.717, 1.165) is 11.3 Å². The summed E-state index contributed by atoms with van der Waals surface area (Å²) in [5.41, 5.74) is 3.14. The first-order valence-electron chi connectivity index (χ1n) is 10.5. The molecule has 0 bridgehead atoms. The average molecular weight is 409 g/mol. The molecule has 31 heavy (non-hydrogen) atoms. The van der Waals surface area contributed by atoms with Crippen molar-refractivity contribution in [2.75, 3.05) is 0 Å². The van der Waals surface area contributed by atoms with Crippen LogP contribution in [-0.4, -0.2) is 19.2 Å². The number of benzene rings is 3. The molecule has 0 saturated heterocycles. The van der Waals surface area contributed by atoms with Crippen LogP contribution >= 0.6 is 0 Å². The summed E-state index contributed by atoms with van der Waals surface area (Å²) in [6.45, 7) is 2.99. The van der Waals surface area contributed by atoms with Gasteiger partial charge in [0.2, 0.25) is 5.78 Å². The lowest BCUT2D eigenvalue weighted by atomic mass is 9.99. The van der Waals surface area contributed by atoms with Gasteiger partial charge in [0.25, 0.3) is 5.56 Å². The summed E-state index contributed by atoms with van der Waals surface area (Å²) in [5, 5.41) is 13.1. The number of nitrogens with one attached hydrogen (secondary N) is 1. The van der Waals surface area contributed by atoms with Crippen LogP contribution in [0.3, 0.4) is 0 Å². The summed E-state index contributed by atoms with van der Waals surface area (Å²) >= 11 is 0. The molecule has 0 aliphatic heterocycles. The van der Waals surface area contributed by atoms with E-state index in [4.69, 9.17) is 0 Å². The van der Waals surface area contributed by atoms with Gasteiger partial charge in [0.1, 0.15) is 0 Å². The van der Waals surface area contributed by atoms with Crippen molar-refractivity contribution in [3.8, 4) is 0 Å². The predicted molar refractivity (Wildman–Crippen MR) is 122 cm³/mol. The molecule has 0 radical (unpaired) electrons. The molecule has 5 rings (SSSR count). The second-order valence-electron chi connectivity index (χ2n) is 7.45. The summed E-state index contributed by atoms with van der Waals surface area (Å²) < 4.78 is 3.66. The van der Waals surface area contributed by atoms with Gasteiger partial charge >= 0.3 is 0 Å². The maximum absolute atomic E-state index is 12.9. The molecule has 0 amide bonds. The SMILES string of the molecule is CCn1c(=O)c2ccccc2n2c(CNC(c3ccccc3)c3ccccc3)nnc12. The van der Waals surface area contributed by atoms with Gasteiger partial charge in [0, 0.05) is 6.54 Å². The molecule has 154 valence electrons. The van der Waals surface area contributed by atoms with E-state index in [9.17, 15) is 4.79 Å². The Morgan fingerprint density at radius 2 is 1.45 bits per heavy atom. The van der Waals surface area contributed by atoms with Gasteiger partial charge in [0.05, 0.1) is 23.5 Å². The summed E-state index contributed by atoms with van der Waals surface area (Å²) in [5.74, 6) is 1.34. The van der Waals surface area contributed by atoms with Gasteiger partial charge in [-0.2, -0.15) is 0 Å². The van der Waals surface area contributed by atoms with E-state index in [-0.39, 0.29) is 11.6 Å². The highest BCUT2D eigenvalue weighted by Gasteiger charge is 2.18. The maximum atomic E-state index is 12.9. The Labute approximate surface area is 179 Å². The fourth-order valence-corrected chi connectivity index (χ4v) is 4.13. The highest BCUT2D eigenvalue weighted by atomic mass is 16.1. The Bertz CT molecular complexity index is 1350. The molecule has 3 aromatic carbocycles. The van der Waals surface area contributed by atoms with Crippen molar-refractivity contribution in [2.45, 2.75) is 26.1 Å². The number of hydrogen-bond acceptors (Lipinski definition) is 4. The molecule has 0 fully saturated rings. The molecule has 1 N–H and O–H groups in total. The van der Waals surface area contributed by atoms with Gasteiger partial charge in [-0.15, -0.1) is 10.2 Å². The van der Waals surface area contributed by atoms with E-state index in [1.807, 2.05) is 72.0 Å². The molecule has 2 aromatic heterocycles. The smallest absolute Gasteiger partial charge is 0.262 e. The molecule has 0 saturated carbocycles. The third kappa shape index (κ3) is 3.41. The molecule has 6 heteroatoms. The van der Waals surface area contributed by atoms with E-state index in [2.05, 4.69) is 39.8 Å². The topological polar surface area (TPSA) is 64.2 Å². The zero-order chi connectivity index (χ0) is 21.2. The molecule has 0 spiro atoms. The van der Waals surface area contributed by atoms with E-state index in [1.165, 1.54) is 11.1 Å². The molecule has 0 unspecified atom stereocenters. The molecule has 2 heterocycles. The standard InChI is InChI=1S/C25H23N5O/c1-2-29-24(31)20-15-9-10-16-21(20)30-22(27-28-25(29)30)17-26-23(18-11-5-3-6-12-18)19-13-7-4-8-14-19/h3-16,23,26H,2,17H2,1H3. The van der Waals surface area contributed by atoms with Gasteiger partial charge in [-0.3, -0.25) is 19.1 Å². The van der Waals surface area contributed by atoms with Crippen LogP contribution in [0, 0.1) is 0 Å². The fourth-order valence-electron chi connectivity index (χ4n) is 4.13. The molecule has 0 atom stereocenters. The Balaban J connectivity index is 1.59. The third-order valence-electron chi connectivity index (χ3n) is 5.62. The minimum atomic E-state index is -0.0380. The first-order chi connectivity index (χ1) is 15.3. The number of hydrogen-bond donors (Lipinski definition) is 1. The molecule has 5 aromatic rings. The molecule has 0 aliphatic carbocycles. The molecular formula is C25H23N5O. The quantitative estimate of drug-likeness (QED) is 0.461. The van der Waals surface area contributed by atoms with Gasteiger partial charge in [0.15, 0.2) is 5.82 Å². The summed E-state index contributed by atoms with van der Waals surface area (Å²) in [6, 6.07) is 28.4. The van der Waals surface area contributed by atoms with Gasteiger partial charge in [-0.1, -0.05) is 72.8 Å². The first kappa shape index (κ1) is 19.2. The van der Waals surface area contributed by atoms with Crippen molar-refractivity contribution in [3.05, 3.63) is 112 Å².